The topological polar surface area (TPSA) is 150 Å². The number of carbonyl (C=O) groups is 2. The molecule has 0 atom stereocenters. The van der Waals surface area contributed by atoms with E-state index in [2.05, 4.69) is 19.9 Å². The molecule has 0 bridgehead atoms. The van der Waals surface area contributed by atoms with E-state index in [9.17, 15) is 27.6 Å². The van der Waals surface area contributed by atoms with Gasteiger partial charge >= 0.3 is 24.1 Å². The quantitative estimate of drug-likeness (QED) is 0.155. The van der Waals surface area contributed by atoms with Crippen molar-refractivity contribution in [2.24, 2.45) is 7.05 Å². The largest absolute Gasteiger partial charge is 0.481 e. The van der Waals surface area contributed by atoms with E-state index in [0.29, 0.717) is 52.4 Å². The number of imidazole rings is 1. The minimum Gasteiger partial charge on any atom is -0.481 e. The fourth-order valence-corrected chi connectivity index (χ4v) is 7.01. The summed E-state index contributed by atoms with van der Waals surface area (Å²) < 4.78 is 63.6. The number of ether oxygens (including phenoxy) is 3. The maximum Gasteiger partial charge on any atom is 0.420 e. The van der Waals surface area contributed by atoms with Crippen molar-refractivity contribution in [1.29, 1.82) is 0 Å². The minimum absolute atomic E-state index is 0.0226. The van der Waals surface area contributed by atoms with Crippen LogP contribution in [0.3, 0.4) is 0 Å². The number of amides is 2. The summed E-state index contributed by atoms with van der Waals surface area (Å²) in [6.45, 7) is 10.9. The van der Waals surface area contributed by atoms with Gasteiger partial charge in [-0.2, -0.15) is 13.2 Å². The number of rotatable bonds is 7. The summed E-state index contributed by atoms with van der Waals surface area (Å²) in [5.41, 5.74) is 0.305. The van der Waals surface area contributed by atoms with Crippen LogP contribution in [0.25, 0.3) is 38.8 Å². The number of nitrogens with zero attached hydrogens (tertiary/aromatic N) is 9. The lowest BCUT2D eigenvalue weighted by atomic mass is 10.0. The molecule has 2 amide bonds. The van der Waals surface area contributed by atoms with Gasteiger partial charge < -0.3 is 24.0 Å². The number of halogens is 3. The summed E-state index contributed by atoms with van der Waals surface area (Å²) in [5.74, 6) is 0.778. The zero-order chi connectivity index (χ0) is 44.0. The molecule has 1 aliphatic heterocycles. The third-order valence-electron chi connectivity index (χ3n) is 9.87. The first-order valence-electron chi connectivity index (χ1n) is 19.5. The Hall–Kier alpha value is -6.72. The van der Waals surface area contributed by atoms with Crippen LogP contribution in [0, 0.1) is 0 Å². The van der Waals surface area contributed by atoms with Crippen molar-refractivity contribution < 1.29 is 37.0 Å². The normalized spacial score (nSPS) is 13.8. The average Bonchev–Trinajstić information content (AvgIpc) is 3.47. The molecule has 0 spiro atoms. The first-order chi connectivity index (χ1) is 28.7. The summed E-state index contributed by atoms with van der Waals surface area (Å²) in [7, 11) is 3.08. The van der Waals surface area contributed by atoms with E-state index in [1.807, 2.05) is 23.1 Å². The van der Waals surface area contributed by atoms with Crippen molar-refractivity contribution in [2.75, 3.05) is 43.1 Å². The van der Waals surface area contributed by atoms with Gasteiger partial charge in [0.05, 0.1) is 47.7 Å². The number of imide groups is 1. The highest BCUT2D eigenvalue weighted by atomic mass is 19.4. The van der Waals surface area contributed by atoms with Crippen molar-refractivity contribution >= 4 is 45.8 Å². The molecule has 4 aromatic heterocycles. The number of alkyl halides is 3. The van der Waals surface area contributed by atoms with Gasteiger partial charge in [-0.3, -0.25) is 14.1 Å². The highest BCUT2D eigenvalue weighted by Gasteiger charge is 2.37. The number of pyridine rings is 2. The number of aryl methyl sites for hydroxylation is 1. The highest BCUT2D eigenvalue weighted by molar-refractivity contribution is 6.04. The lowest BCUT2D eigenvalue weighted by Gasteiger charge is -2.37. The van der Waals surface area contributed by atoms with E-state index in [1.54, 1.807) is 78.0 Å². The lowest BCUT2D eigenvalue weighted by Crippen LogP contribution is -2.47. The Bertz CT molecular complexity index is 2630. The smallest absolute Gasteiger partial charge is 0.420 e. The number of hydrogen-bond acceptors (Lipinski definition) is 12. The van der Waals surface area contributed by atoms with E-state index in [0.717, 1.165) is 22.1 Å². The molecule has 7 rings (SSSR count). The van der Waals surface area contributed by atoms with Gasteiger partial charge in [0.15, 0.2) is 0 Å². The molecule has 0 N–H and O–H groups in total. The summed E-state index contributed by atoms with van der Waals surface area (Å²) in [5, 5.41) is 0.580. The first-order valence-corrected chi connectivity index (χ1v) is 19.5. The van der Waals surface area contributed by atoms with E-state index in [1.165, 1.54) is 40.8 Å². The van der Waals surface area contributed by atoms with Crippen molar-refractivity contribution in [2.45, 2.75) is 65.5 Å². The van der Waals surface area contributed by atoms with Gasteiger partial charge in [-0.25, -0.2) is 34.2 Å². The molecule has 6 aromatic rings. The van der Waals surface area contributed by atoms with Crippen LogP contribution in [-0.2, 0) is 29.2 Å². The zero-order valence-corrected chi connectivity index (χ0v) is 35.1. The number of carbonyl (C=O) groups excluding carboxylic acids is 2. The number of methoxy groups -OCH3 is 1. The van der Waals surface area contributed by atoms with Crippen LogP contribution in [0.4, 0.5) is 34.4 Å². The van der Waals surface area contributed by atoms with Gasteiger partial charge in [0.2, 0.25) is 11.8 Å². The maximum absolute atomic E-state index is 15.0. The SMILES string of the molecule is COc1ccc(-c2ccc3ncc4c(c3c2)n(-c2ccc(N3CCN(c5ncc(CN(C(=O)OC(C)(C)C)C(=O)OC(C)(C)C)cn5)CC3)c(C(F)(F)F)c2)c(=O)n4C)cn1. The van der Waals surface area contributed by atoms with E-state index in [4.69, 9.17) is 14.2 Å². The van der Waals surface area contributed by atoms with Crippen LogP contribution in [0.15, 0.2) is 78.1 Å². The predicted octanol–water partition coefficient (Wildman–Crippen LogP) is 7.76. The molecule has 2 aromatic carbocycles. The van der Waals surface area contributed by atoms with Crippen LogP contribution in [0.5, 0.6) is 5.88 Å². The van der Waals surface area contributed by atoms with E-state index >= 15 is 0 Å². The fraction of sp³-hybridized carbons (Fsp3) is 0.372. The Balaban J connectivity index is 1.13. The molecule has 61 heavy (non-hydrogen) atoms. The number of aromatic nitrogens is 6. The Labute approximate surface area is 349 Å². The van der Waals surface area contributed by atoms with Crippen molar-refractivity contribution in [3.05, 3.63) is 94.9 Å². The molecule has 5 heterocycles. The van der Waals surface area contributed by atoms with Gasteiger partial charge in [0, 0.05) is 80.1 Å². The van der Waals surface area contributed by atoms with Gasteiger partial charge in [0.25, 0.3) is 0 Å². The predicted molar refractivity (Wildman–Crippen MR) is 223 cm³/mol. The highest BCUT2D eigenvalue weighted by Crippen LogP contribution is 2.39. The molecule has 0 radical (unpaired) electrons. The number of benzene rings is 2. The molecule has 15 nitrogen and oxygen atoms in total. The maximum atomic E-state index is 15.0. The van der Waals surface area contributed by atoms with Crippen molar-refractivity contribution in [3.8, 4) is 22.7 Å². The lowest BCUT2D eigenvalue weighted by molar-refractivity contribution is -0.137. The molecular formula is C43H46F3N9O6. The molecule has 1 saturated heterocycles. The van der Waals surface area contributed by atoms with Crippen molar-refractivity contribution in [3.63, 3.8) is 0 Å². The van der Waals surface area contributed by atoms with Gasteiger partial charge in [-0.1, -0.05) is 6.07 Å². The van der Waals surface area contributed by atoms with Gasteiger partial charge in [-0.15, -0.1) is 0 Å². The van der Waals surface area contributed by atoms with E-state index in [-0.39, 0.29) is 31.0 Å². The first kappa shape index (κ1) is 42.4. The molecule has 0 unspecified atom stereocenters. The summed E-state index contributed by atoms with van der Waals surface area (Å²) in [4.78, 5) is 61.8. The second kappa shape index (κ2) is 16.0. The summed E-state index contributed by atoms with van der Waals surface area (Å²) in [6.07, 6.45) is -0.378. The Kier molecular flexibility index (Phi) is 11.2. The minimum atomic E-state index is -4.75. The average molecular weight is 842 g/mol. The molecule has 18 heteroatoms. The monoisotopic (exact) mass is 841 g/mol. The second-order valence-electron chi connectivity index (χ2n) is 16.6. The van der Waals surface area contributed by atoms with Gasteiger partial charge in [0.1, 0.15) is 11.2 Å². The molecule has 1 fully saturated rings. The molecule has 320 valence electrons. The second-order valence-corrected chi connectivity index (χ2v) is 16.6. The van der Waals surface area contributed by atoms with Crippen LogP contribution in [0.1, 0.15) is 52.7 Å². The summed E-state index contributed by atoms with van der Waals surface area (Å²) in [6, 6.07) is 13.0. The Morgan fingerprint density at radius 2 is 1.38 bits per heavy atom. The van der Waals surface area contributed by atoms with Gasteiger partial charge in [-0.05, 0) is 83.5 Å². The Morgan fingerprint density at radius 3 is 1.95 bits per heavy atom. The van der Waals surface area contributed by atoms with Crippen LogP contribution < -0.4 is 20.2 Å². The van der Waals surface area contributed by atoms with Crippen LogP contribution in [0.2, 0.25) is 0 Å². The molecular weight excluding hydrogens is 796 g/mol. The number of fused-ring (bicyclic) bond motifs is 3. The van der Waals surface area contributed by atoms with E-state index < -0.39 is 40.8 Å². The number of piperazine rings is 1. The van der Waals surface area contributed by atoms with Crippen LogP contribution in [-0.4, -0.2) is 90.6 Å². The Morgan fingerprint density at radius 1 is 0.754 bits per heavy atom. The fourth-order valence-electron chi connectivity index (χ4n) is 7.01. The zero-order valence-electron chi connectivity index (χ0n) is 35.1. The standard InChI is InChI=1S/C43H46F3N9O6/c1-41(2,3)60-39(57)54(40(58)61-42(4,5)6)25-26-21-49-37(50-22-26)53-17-15-52(16-18-53)33-13-11-29(20-31(33)43(44,45)46)55-36-30-19-27(28-10-14-35(59-8)48-23-28)9-12-32(30)47-24-34(36)51(7)38(55)56/h9-14,19-24H,15-18,25H2,1-8H3. The molecule has 0 saturated carbocycles. The summed E-state index contributed by atoms with van der Waals surface area (Å²) >= 11 is 0. The third kappa shape index (κ3) is 9.07. The molecule has 1 aliphatic rings. The molecule has 0 aliphatic carbocycles. The number of anilines is 2. The number of hydrogen-bond donors (Lipinski definition) is 0. The van der Waals surface area contributed by atoms with Crippen LogP contribution >= 0.6 is 0 Å². The van der Waals surface area contributed by atoms with Crippen molar-refractivity contribution in [1.82, 2.24) is 34.0 Å². The third-order valence-corrected chi connectivity index (χ3v) is 9.87.